The summed E-state index contributed by atoms with van der Waals surface area (Å²) in [6.45, 7) is 0. The van der Waals surface area contributed by atoms with Crippen molar-refractivity contribution < 1.29 is 9.90 Å². The predicted molar refractivity (Wildman–Crippen MR) is 99.3 cm³/mol. The van der Waals surface area contributed by atoms with Crippen molar-refractivity contribution in [1.82, 2.24) is 0 Å². The van der Waals surface area contributed by atoms with Gasteiger partial charge in [0.25, 0.3) is 0 Å². The summed E-state index contributed by atoms with van der Waals surface area (Å²) in [6, 6.07) is 27.5. The Morgan fingerprint density at radius 3 is 1.61 bits per heavy atom. The molecule has 0 atom stereocenters. The Balaban J connectivity index is 0.00000192. The van der Waals surface area contributed by atoms with Crippen LogP contribution in [0.5, 0.6) is 0 Å². The molecular weight excluding hydrogens is 314 g/mol. The molecule has 0 aromatic heterocycles. The van der Waals surface area contributed by atoms with Crippen LogP contribution in [0.15, 0.2) is 84.9 Å². The van der Waals surface area contributed by atoms with Crippen molar-refractivity contribution in [2.24, 2.45) is 0 Å². The van der Waals surface area contributed by atoms with Crippen LogP contribution in [0.25, 0.3) is 0 Å². The molecule has 0 amide bonds. The molecule has 23 heavy (non-hydrogen) atoms. The van der Waals surface area contributed by atoms with E-state index in [1.165, 1.54) is 0 Å². The maximum absolute atomic E-state index is 11.6. The Kier molecular flexibility index (Phi) is 6.56. The zero-order valence-electron chi connectivity index (χ0n) is 11.9. The second kappa shape index (κ2) is 8.42. The molecule has 0 aliphatic heterocycles. The average molecular weight is 330 g/mol. The quantitative estimate of drug-likeness (QED) is 0.589. The summed E-state index contributed by atoms with van der Waals surface area (Å²) in [7, 11) is -0.880. The molecule has 3 aromatic carbocycles. The van der Waals surface area contributed by atoms with E-state index < -0.39 is 13.9 Å². The summed E-state index contributed by atoms with van der Waals surface area (Å²) in [5, 5.41) is 12.7. The standard InChI is InChI=1S/C19H15O2P.Na.H/c20-19(21)17-13-7-8-14-18(17)22(15-9-3-1-4-10-15)16-11-5-2-6-12-16;;/h1-14H,(H,20,21);;. The SMILES string of the molecule is O=C(O)c1ccccc1P(c1ccccc1)c1ccccc1.[NaH]. The van der Waals surface area contributed by atoms with E-state index in [0.29, 0.717) is 5.56 Å². The number of carboxylic acids is 1. The first-order valence-corrected chi connectivity index (χ1v) is 8.34. The number of rotatable bonds is 4. The zero-order valence-corrected chi connectivity index (χ0v) is 12.8. The van der Waals surface area contributed by atoms with Gasteiger partial charge < -0.3 is 5.11 Å². The summed E-state index contributed by atoms with van der Waals surface area (Å²) in [5.74, 6) is -0.880. The van der Waals surface area contributed by atoms with Crippen molar-refractivity contribution in [2.45, 2.75) is 0 Å². The van der Waals surface area contributed by atoms with E-state index >= 15 is 0 Å². The van der Waals surface area contributed by atoms with Crippen LogP contribution in [0, 0.1) is 0 Å². The minimum absolute atomic E-state index is 0. The van der Waals surface area contributed by atoms with E-state index in [1.807, 2.05) is 48.5 Å². The molecule has 0 unspecified atom stereocenters. The molecule has 4 heteroatoms. The van der Waals surface area contributed by atoms with Gasteiger partial charge in [0, 0.05) is 0 Å². The number of hydrogen-bond acceptors (Lipinski definition) is 1. The van der Waals surface area contributed by atoms with Gasteiger partial charge in [-0.3, -0.25) is 0 Å². The third-order valence-corrected chi connectivity index (χ3v) is 5.91. The fourth-order valence-corrected chi connectivity index (χ4v) is 4.87. The van der Waals surface area contributed by atoms with Gasteiger partial charge in [0.15, 0.2) is 0 Å². The summed E-state index contributed by atoms with van der Waals surface area (Å²) in [4.78, 5) is 11.6. The van der Waals surface area contributed by atoms with Gasteiger partial charge >= 0.3 is 35.5 Å². The molecule has 0 fully saturated rings. The molecule has 2 nitrogen and oxygen atoms in total. The van der Waals surface area contributed by atoms with Crippen molar-refractivity contribution in [2.75, 3.05) is 0 Å². The van der Waals surface area contributed by atoms with Crippen LogP contribution in [0.3, 0.4) is 0 Å². The Labute approximate surface area is 159 Å². The Bertz CT molecular complexity index is 736. The fourth-order valence-electron chi connectivity index (χ4n) is 2.43. The molecule has 0 aliphatic carbocycles. The van der Waals surface area contributed by atoms with Crippen molar-refractivity contribution >= 4 is 59.4 Å². The zero-order chi connectivity index (χ0) is 15.4. The molecule has 3 aromatic rings. The van der Waals surface area contributed by atoms with Gasteiger partial charge in [-0.1, -0.05) is 78.9 Å². The number of hydrogen-bond donors (Lipinski definition) is 1. The first-order valence-electron chi connectivity index (χ1n) is 7.00. The summed E-state index contributed by atoms with van der Waals surface area (Å²) in [6.07, 6.45) is 0. The molecular formula is C19H16NaO2P. The summed E-state index contributed by atoms with van der Waals surface area (Å²) < 4.78 is 0. The number of carbonyl (C=O) groups is 1. The van der Waals surface area contributed by atoms with Crippen molar-refractivity contribution in [3.05, 3.63) is 90.5 Å². The Morgan fingerprint density at radius 2 is 1.13 bits per heavy atom. The molecule has 0 spiro atoms. The number of carboxylic acid groups (broad SMARTS) is 1. The molecule has 110 valence electrons. The Morgan fingerprint density at radius 1 is 0.696 bits per heavy atom. The minimum atomic E-state index is -0.880. The van der Waals surface area contributed by atoms with Gasteiger partial charge in [-0.05, 0) is 29.9 Å². The van der Waals surface area contributed by atoms with Crippen LogP contribution < -0.4 is 15.9 Å². The van der Waals surface area contributed by atoms with Crippen LogP contribution in [0.4, 0.5) is 0 Å². The van der Waals surface area contributed by atoms with Gasteiger partial charge in [-0.2, -0.15) is 0 Å². The molecule has 0 saturated heterocycles. The monoisotopic (exact) mass is 330 g/mol. The van der Waals surface area contributed by atoms with E-state index in [2.05, 4.69) is 24.3 Å². The molecule has 1 N–H and O–H groups in total. The van der Waals surface area contributed by atoms with Gasteiger partial charge in [-0.25, -0.2) is 4.79 Å². The first-order chi connectivity index (χ1) is 10.8. The van der Waals surface area contributed by atoms with Gasteiger partial charge in [0.1, 0.15) is 0 Å². The molecule has 0 bridgehead atoms. The Hall–Kier alpha value is -1.44. The molecule has 0 radical (unpaired) electrons. The molecule has 0 heterocycles. The van der Waals surface area contributed by atoms with E-state index in [9.17, 15) is 9.90 Å². The van der Waals surface area contributed by atoms with E-state index in [1.54, 1.807) is 12.1 Å². The number of benzene rings is 3. The summed E-state index contributed by atoms with van der Waals surface area (Å²) >= 11 is 0. The van der Waals surface area contributed by atoms with Gasteiger partial charge in [0.2, 0.25) is 0 Å². The topological polar surface area (TPSA) is 37.3 Å². The van der Waals surface area contributed by atoms with Crippen molar-refractivity contribution in [3.63, 3.8) is 0 Å². The van der Waals surface area contributed by atoms with Crippen LogP contribution in [0.1, 0.15) is 10.4 Å². The molecule has 3 rings (SSSR count). The fraction of sp³-hybridized carbons (Fsp3) is 0. The predicted octanol–water partition coefficient (Wildman–Crippen LogP) is 2.49. The van der Waals surface area contributed by atoms with E-state index in [0.717, 1.165) is 15.9 Å². The molecule has 0 aliphatic rings. The van der Waals surface area contributed by atoms with Crippen molar-refractivity contribution in [1.29, 1.82) is 0 Å². The third-order valence-electron chi connectivity index (χ3n) is 3.40. The van der Waals surface area contributed by atoms with Gasteiger partial charge in [-0.15, -0.1) is 0 Å². The second-order valence-corrected chi connectivity index (χ2v) is 7.01. The summed E-state index contributed by atoms with van der Waals surface area (Å²) in [5.41, 5.74) is 0.376. The third kappa shape index (κ3) is 4.10. The maximum atomic E-state index is 11.6. The van der Waals surface area contributed by atoms with Crippen LogP contribution in [-0.4, -0.2) is 40.6 Å². The second-order valence-electron chi connectivity index (χ2n) is 4.83. The van der Waals surface area contributed by atoms with Gasteiger partial charge in [0.05, 0.1) is 5.56 Å². The molecule has 0 saturated carbocycles. The average Bonchev–Trinajstić information content (AvgIpc) is 2.57. The normalized spacial score (nSPS) is 10.1. The first kappa shape index (κ1) is 17.9. The van der Waals surface area contributed by atoms with Crippen LogP contribution >= 0.6 is 7.92 Å². The van der Waals surface area contributed by atoms with Crippen LogP contribution in [0.2, 0.25) is 0 Å². The van der Waals surface area contributed by atoms with E-state index in [-0.39, 0.29) is 29.6 Å². The van der Waals surface area contributed by atoms with E-state index in [4.69, 9.17) is 0 Å². The number of aromatic carboxylic acids is 1. The van der Waals surface area contributed by atoms with Crippen molar-refractivity contribution in [3.8, 4) is 0 Å². The van der Waals surface area contributed by atoms with Crippen LogP contribution in [-0.2, 0) is 0 Å².